The predicted octanol–water partition coefficient (Wildman–Crippen LogP) is 1.59. The molecule has 3 fully saturated rings. The van der Waals surface area contributed by atoms with Gasteiger partial charge in [0.25, 0.3) is 0 Å². The average molecular weight is 421 g/mol. The van der Waals surface area contributed by atoms with Crippen molar-refractivity contribution in [2.75, 3.05) is 31.1 Å². The lowest BCUT2D eigenvalue weighted by Crippen LogP contribution is -2.49. The van der Waals surface area contributed by atoms with E-state index in [-0.39, 0.29) is 36.1 Å². The minimum Gasteiger partial charge on any atom is -0.373 e. The smallest absolute Gasteiger partial charge is 0.222 e. The number of nitrogens with zero attached hydrogens (tertiary/aromatic N) is 4. The minimum absolute atomic E-state index is 0.00878. The first kappa shape index (κ1) is 21.4. The van der Waals surface area contributed by atoms with Crippen LogP contribution in [0.25, 0.3) is 0 Å². The van der Waals surface area contributed by atoms with Crippen LogP contribution in [0.2, 0.25) is 0 Å². The van der Waals surface area contributed by atoms with Crippen LogP contribution < -0.4 is 15.8 Å². The van der Waals surface area contributed by atoms with Gasteiger partial charge in [0, 0.05) is 50.6 Å². The molecule has 166 valence electrons. The van der Waals surface area contributed by atoms with Crippen LogP contribution in [-0.2, 0) is 9.53 Å². The van der Waals surface area contributed by atoms with Crippen LogP contribution >= 0.6 is 0 Å². The summed E-state index contributed by atoms with van der Waals surface area (Å²) in [5, 5.41) is 0. The van der Waals surface area contributed by atoms with E-state index in [1.807, 2.05) is 31.7 Å². The maximum absolute atomic E-state index is 14.5. The average Bonchev–Trinajstić information content (AvgIpc) is 3.16. The lowest BCUT2D eigenvalue weighted by molar-refractivity contribution is -0.131. The van der Waals surface area contributed by atoms with E-state index in [1.165, 1.54) is 0 Å². The molecular formula is C21H33FN6O2. The number of amides is 1. The monoisotopic (exact) mass is 420 g/mol. The molecule has 5 atom stereocenters. The topological polar surface area (TPSA) is 82.6 Å². The van der Waals surface area contributed by atoms with Crippen LogP contribution in [0.1, 0.15) is 51.8 Å². The number of carbonyl (C=O) groups excluding carboxylic acids is 1. The van der Waals surface area contributed by atoms with Crippen molar-refractivity contribution in [3.8, 4) is 0 Å². The van der Waals surface area contributed by atoms with Crippen LogP contribution in [0, 0.1) is 5.92 Å². The lowest BCUT2D eigenvalue weighted by atomic mass is 9.78. The van der Waals surface area contributed by atoms with Crippen LogP contribution in [0.5, 0.6) is 0 Å². The molecule has 2 saturated heterocycles. The molecule has 0 spiro atoms. The molecule has 2 aliphatic heterocycles. The molecule has 9 heteroatoms. The summed E-state index contributed by atoms with van der Waals surface area (Å²) in [7, 11) is 0. The molecule has 0 aromatic carbocycles. The Bertz CT molecular complexity index is 742. The lowest BCUT2D eigenvalue weighted by Gasteiger charge is -2.37. The Hall–Kier alpha value is -1.84. The summed E-state index contributed by atoms with van der Waals surface area (Å²) in [4.78, 5) is 25.0. The van der Waals surface area contributed by atoms with Gasteiger partial charge in [-0.15, -0.1) is 0 Å². The highest BCUT2D eigenvalue weighted by Crippen LogP contribution is 2.40. The van der Waals surface area contributed by atoms with E-state index in [0.29, 0.717) is 32.4 Å². The van der Waals surface area contributed by atoms with Gasteiger partial charge < -0.3 is 14.5 Å². The normalized spacial score (nSPS) is 31.8. The second kappa shape index (κ2) is 9.11. The van der Waals surface area contributed by atoms with Crippen LogP contribution in [0.15, 0.2) is 12.4 Å². The molecule has 0 bridgehead atoms. The summed E-state index contributed by atoms with van der Waals surface area (Å²) in [5.74, 6) is 1.29. The van der Waals surface area contributed by atoms with Gasteiger partial charge in [-0.05, 0) is 26.7 Å². The van der Waals surface area contributed by atoms with Crippen molar-refractivity contribution in [3.63, 3.8) is 0 Å². The number of carbonyl (C=O) groups is 1. The van der Waals surface area contributed by atoms with E-state index in [4.69, 9.17) is 4.74 Å². The third-order valence-corrected chi connectivity index (χ3v) is 6.45. The van der Waals surface area contributed by atoms with Gasteiger partial charge >= 0.3 is 0 Å². The molecule has 0 radical (unpaired) electrons. The summed E-state index contributed by atoms with van der Waals surface area (Å²) >= 11 is 0. The molecule has 4 rings (SSSR count). The number of alkyl halides is 1. The molecule has 1 aromatic rings. The first-order valence-corrected chi connectivity index (χ1v) is 11.1. The van der Waals surface area contributed by atoms with E-state index in [1.54, 1.807) is 6.33 Å². The maximum Gasteiger partial charge on any atom is 0.222 e. The van der Waals surface area contributed by atoms with Crippen molar-refractivity contribution in [1.29, 1.82) is 0 Å². The van der Waals surface area contributed by atoms with E-state index >= 15 is 0 Å². The Balaban J connectivity index is 1.44. The number of aromatic nitrogens is 2. The van der Waals surface area contributed by atoms with Crippen LogP contribution in [0.3, 0.4) is 0 Å². The Morgan fingerprint density at radius 3 is 2.70 bits per heavy atom. The van der Waals surface area contributed by atoms with E-state index in [9.17, 15) is 9.18 Å². The van der Waals surface area contributed by atoms with Crippen molar-refractivity contribution >= 4 is 11.7 Å². The number of ether oxygens (including phenoxy) is 1. The molecule has 5 unspecified atom stereocenters. The summed E-state index contributed by atoms with van der Waals surface area (Å²) in [6.45, 7) is 8.75. The fourth-order valence-electron chi connectivity index (χ4n) is 4.88. The van der Waals surface area contributed by atoms with E-state index in [2.05, 4.69) is 25.7 Å². The number of anilines is 1. The summed E-state index contributed by atoms with van der Waals surface area (Å²) in [6.07, 6.45) is 1.93. The highest BCUT2D eigenvalue weighted by molar-refractivity contribution is 5.76. The zero-order valence-electron chi connectivity index (χ0n) is 18.1. The van der Waals surface area contributed by atoms with Crippen LogP contribution in [0.4, 0.5) is 10.2 Å². The highest BCUT2D eigenvalue weighted by atomic mass is 19.1. The highest BCUT2D eigenvalue weighted by Gasteiger charge is 2.46. The number of fused-ring (bicyclic) bond motifs is 1. The van der Waals surface area contributed by atoms with Crippen molar-refractivity contribution in [2.24, 2.45) is 5.92 Å². The number of halogens is 1. The fraction of sp³-hybridized carbons (Fsp3) is 0.762. The third kappa shape index (κ3) is 4.43. The first-order chi connectivity index (χ1) is 14.5. The van der Waals surface area contributed by atoms with Gasteiger partial charge in [0.05, 0.1) is 23.9 Å². The molecule has 3 heterocycles. The maximum atomic E-state index is 14.5. The molecule has 8 nitrogen and oxygen atoms in total. The predicted molar refractivity (Wildman–Crippen MR) is 112 cm³/mol. The molecule has 2 N–H and O–H groups in total. The molecule has 1 saturated carbocycles. The Labute approximate surface area is 177 Å². The number of nitrogens with one attached hydrogen (secondary N) is 2. The third-order valence-electron chi connectivity index (χ3n) is 6.45. The SMILES string of the molecule is CCC(=O)N1CCN(c2cc(C3NNC4CC(F)C(OC(C)C)CC43)ncn2)CC1. The second-order valence-corrected chi connectivity index (χ2v) is 8.77. The molecule has 1 aliphatic carbocycles. The Morgan fingerprint density at radius 1 is 1.23 bits per heavy atom. The molecule has 30 heavy (non-hydrogen) atoms. The van der Waals surface area contributed by atoms with E-state index < -0.39 is 6.17 Å². The largest absolute Gasteiger partial charge is 0.373 e. The van der Waals surface area contributed by atoms with Gasteiger partial charge in [-0.3, -0.25) is 10.2 Å². The second-order valence-electron chi connectivity index (χ2n) is 8.77. The number of rotatable bonds is 5. The van der Waals surface area contributed by atoms with Crippen molar-refractivity contribution < 1.29 is 13.9 Å². The van der Waals surface area contributed by atoms with Crippen molar-refractivity contribution in [2.45, 2.75) is 70.5 Å². The Kier molecular flexibility index (Phi) is 6.50. The first-order valence-electron chi connectivity index (χ1n) is 11.1. The fourth-order valence-corrected chi connectivity index (χ4v) is 4.88. The van der Waals surface area contributed by atoms with E-state index in [0.717, 1.165) is 24.6 Å². The molecule has 1 aromatic heterocycles. The zero-order chi connectivity index (χ0) is 21.3. The number of hydrogen-bond donors (Lipinski definition) is 2. The zero-order valence-corrected chi connectivity index (χ0v) is 18.1. The number of hydrogen-bond acceptors (Lipinski definition) is 7. The standard InChI is InChI=1S/C21H33FN6O2/c1-4-20(29)28-7-5-27(6-8-28)19-11-17(23-12-24-19)21-14-9-18(30-13(2)3)15(22)10-16(14)25-26-21/h11-16,18,21,25-26H,4-10H2,1-3H3. The van der Waals surface area contributed by atoms with Gasteiger partial charge in [-0.25, -0.2) is 19.8 Å². The van der Waals surface area contributed by atoms with Gasteiger partial charge in [-0.1, -0.05) is 6.92 Å². The summed E-state index contributed by atoms with van der Waals surface area (Å²) in [5.41, 5.74) is 7.52. The van der Waals surface area contributed by atoms with Crippen LogP contribution in [-0.4, -0.2) is 71.4 Å². The van der Waals surface area contributed by atoms with Gasteiger partial charge in [0.15, 0.2) is 0 Å². The molecule has 1 amide bonds. The van der Waals surface area contributed by atoms with Crippen molar-refractivity contribution in [3.05, 3.63) is 18.1 Å². The summed E-state index contributed by atoms with van der Waals surface area (Å²) in [6, 6.07) is 2.09. The number of hydrazine groups is 1. The molecular weight excluding hydrogens is 387 g/mol. The summed E-state index contributed by atoms with van der Waals surface area (Å²) < 4.78 is 20.4. The minimum atomic E-state index is -0.954. The number of piperazine rings is 1. The van der Waals surface area contributed by atoms with Gasteiger partial charge in [0.2, 0.25) is 5.91 Å². The van der Waals surface area contributed by atoms with Crippen molar-refractivity contribution in [1.82, 2.24) is 25.7 Å². The van der Waals surface area contributed by atoms with Gasteiger partial charge in [0.1, 0.15) is 18.3 Å². The Morgan fingerprint density at radius 2 is 2.00 bits per heavy atom. The quantitative estimate of drug-likeness (QED) is 0.749. The molecule has 3 aliphatic rings. The van der Waals surface area contributed by atoms with Gasteiger partial charge in [-0.2, -0.15) is 0 Å².